The van der Waals surface area contributed by atoms with Crippen LogP contribution >= 0.6 is 11.6 Å². The first kappa shape index (κ1) is 20.6. The number of piperidine rings is 1. The molecule has 0 radical (unpaired) electrons. The molecule has 0 bridgehead atoms. The maximum absolute atomic E-state index is 13.4. The van der Waals surface area contributed by atoms with Gasteiger partial charge in [0, 0.05) is 37.6 Å². The number of halogens is 3. The molecule has 33 heavy (non-hydrogen) atoms. The van der Waals surface area contributed by atoms with Gasteiger partial charge in [0.1, 0.15) is 16.7 Å². The Kier molecular flexibility index (Phi) is 4.52. The predicted molar refractivity (Wildman–Crippen MR) is 116 cm³/mol. The average molecular weight is 474 g/mol. The normalized spacial score (nSPS) is 24.6. The Morgan fingerprint density at radius 3 is 2.79 bits per heavy atom. The summed E-state index contributed by atoms with van der Waals surface area (Å²) in [6.45, 7) is 1.01. The highest BCUT2D eigenvalue weighted by Gasteiger charge is 2.71. The second kappa shape index (κ2) is 7.24. The maximum Gasteiger partial charge on any atom is 0.272 e. The molecule has 2 aliphatic carbocycles. The van der Waals surface area contributed by atoms with Gasteiger partial charge < -0.3 is 19.4 Å². The van der Waals surface area contributed by atoms with Crippen LogP contribution in [0.2, 0.25) is 5.15 Å². The summed E-state index contributed by atoms with van der Waals surface area (Å²) in [4.78, 5) is 27.6. The number of rotatable bonds is 5. The van der Waals surface area contributed by atoms with Gasteiger partial charge in [-0.05, 0) is 18.9 Å². The molecule has 3 aromatic heterocycles. The molecule has 1 aliphatic heterocycles. The van der Waals surface area contributed by atoms with Gasteiger partial charge in [-0.1, -0.05) is 17.7 Å². The summed E-state index contributed by atoms with van der Waals surface area (Å²) in [7, 11) is 1.95. The highest BCUT2D eigenvalue weighted by Crippen LogP contribution is 2.59. The van der Waals surface area contributed by atoms with Gasteiger partial charge in [0.05, 0.1) is 42.8 Å². The van der Waals surface area contributed by atoms with E-state index in [1.165, 1.54) is 0 Å². The molecule has 0 spiro atoms. The van der Waals surface area contributed by atoms with E-state index in [2.05, 4.69) is 20.3 Å². The molecule has 1 saturated heterocycles. The number of nitrogens with one attached hydrogen (secondary N) is 1. The molecule has 1 amide bonds. The Balaban J connectivity index is 1.10. The number of carbonyl (C=O) groups is 1. The second-order valence-corrected chi connectivity index (χ2v) is 9.45. The van der Waals surface area contributed by atoms with E-state index in [1.807, 2.05) is 22.6 Å². The zero-order valence-corrected chi connectivity index (χ0v) is 18.6. The number of hydrogen-bond acceptors (Lipinski definition) is 5. The third-order valence-corrected chi connectivity index (χ3v) is 7.38. The van der Waals surface area contributed by atoms with Crippen LogP contribution < -0.4 is 10.2 Å². The van der Waals surface area contributed by atoms with E-state index in [1.54, 1.807) is 29.5 Å². The summed E-state index contributed by atoms with van der Waals surface area (Å²) in [6.07, 6.45) is 6.72. The van der Waals surface area contributed by atoms with Gasteiger partial charge in [-0.3, -0.25) is 4.79 Å². The number of aryl methyl sites for hydroxylation is 1. The topological polar surface area (TPSA) is 80.9 Å². The Labute approximate surface area is 193 Å². The number of fused-ring (bicyclic) bond motifs is 2. The zero-order valence-electron chi connectivity index (χ0n) is 17.9. The molecule has 1 N–H and O–H groups in total. The van der Waals surface area contributed by atoms with Gasteiger partial charge in [-0.25, -0.2) is 23.7 Å². The lowest BCUT2D eigenvalue weighted by atomic mass is 10.2. The van der Waals surface area contributed by atoms with E-state index >= 15 is 0 Å². The molecular formula is C22H22ClF2N7O. The number of imidazole rings is 2. The van der Waals surface area contributed by atoms with Gasteiger partial charge in [-0.15, -0.1) is 0 Å². The van der Waals surface area contributed by atoms with Crippen LogP contribution in [0.1, 0.15) is 39.9 Å². The van der Waals surface area contributed by atoms with Crippen molar-refractivity contribution in [1.29, 1.82) is 0 Å². The third-order valence-electron chi connectivity index (χ3n) is 7.05. The van der Waals surface area contributed by atoms with Crippen LogP contribution in [0.4, 0.5) is 14.6 Å². The van der Waals surface area contributed by atoms with Crippen LogP contribution in [0.3, 0.4) is 0 Å². The van der Waals surface area contributed by atoms with Crippen molar-refractivity contribution in [1.82, 2.24) is 29.4 Å². The van der Waals surface area contributed by atoms with Crippen LogP contribution in [0, 0.1) is 11.8 Å². The number of pyridine rings is 1. The second-order valence-electron chi connectivity index (χ2n) is 9.10. The Morgan fingerprint density at radius 2 is 2.03 bits per heavy atom. The van der Waals surface area contributed by atoms with Gasteiger partial charge in [0.15, 0.2) is 0 Å². The van der Waals surface area contributed by atoms with E-state index in [-0.39, 0.29) is 11.9 Å². The summed E-state index contributed by atoms with van der Waals surface area (Å²) in [6, 6.07) is 3.54. The van der Waals surface area contributed by atoms with Crippen LogP contribution in [-0.4, -0.2) is 49.0 Å². The largest absolute Gasteiger partial charge is 0.356 e. The van der Waals surface area contributed by atoms with Gasteiger partial charge >= 0.3 is 0 Å². The minimum Gasteiger partial charge on any atom is -0.356 e. The number of hydrogen-bond donors (Lipinski definition) is 1. The van der Waals surface area contributed by atoms with E-state index in [0.717, 1.165) is 29.8 Å². The smallest absolute Gasteiger partial charge is 0.272 e. The molecule has 11 heteroatoms. The Bertz CT molecular complexity index is 1240. The van der Waals surface area contributed by atoms with E-state index < -0.39 is 17.8 Å². The van der Waals surface area contributed by atoms with Crippen LogP contribution in [0.15, 0.2) is 31.0 Å². The fourth-order valence-corrected chi connectivity index (χ4v) is 5.27. The van der Waals surface area contributed by atoms with Crippen molar-refractivity contribution in [2.75, 3.05) is 18.0 Å². The highest BCUT2D eigenvalue weighted by molar-refractivity contribution is 6.30. The molecule has 1 saturated carbocycles. The SMILES string of the molecule is Cn1cnc2c1CC[C@H]2NC(=O)c1cn(Cc2ccc(N3CC4C(C3)C4(F)F)nc2Cl)cn1. The predicted octanol–water partition coefficient (Wildman–Crippen LogP) is 2.83. The van der Waals surface area contributed by atoms with E-state index in [4.69, 9.17) is 11.6 Å². The van der Waals surface area contributed by atoms with Crippen molar-refractivity contribution in [3.8, 4) is 0 Å². The molecule has 4 heterocycles. The average Bonchev–Trinajstić information content (AvgIpc) is 3.41. The molecular weight excluding hydrogens is 452 g/mol. The van der Waals surface area contributed by atoms with E-state index in [9.17, 15) is 13.6 Å². The molecule has 2 fully saturated rings. The van der Waals surface area contributed by atoms with Gasteiger partial charge in [0.25, 0.3) is 11.8 Å². The number of amides is 1. The number of alkyl halides is 2. The third kappa shape index (κ3) is 3.38. The Morgan fingerprint density at radius 1 is 1.24 bits per heavy atom. The van der Waals surface area contributed by atoms with Crippen LogP contribution in [0.5, 0.6) is 0 Å². The lowest BCUT2D eigenvalue weighted by Crippen LogP contribution is -2.28. The van der Waals surface area contributed by atoms with Crippen molar-refractivity contribution in [3.63, 3.8) is 0 Å². The minimum atomic E-state index is -2.52. The monoisotopic (exact) mass is 473 g/mol. The molecule has 172 valence electrons. The zero-order chi connectivity index (χ0) is 22.9. The van der Waals surface area contributed by atoms with Crippen molar-refractivity contribution >= 4 is 23.3 Å². The highest BCUT2D eigenvalue weighted by atomic mass is 35.5. The lowest BCUT2D eigenvalue weighted by molar-refractivity contribution is 0.0796. The van der Waals surface area contributed by atoms with Gasteiger partial charge in [-0.2, -0.15) is 0 Å². The first-order chi connectivity index (χ1) is 15.8. The summed E-state index contributed by atoms with van der Waals surface area (Å²) >= 11 is 6.39. The molecule has 8 nitrogen and oxygen atoms in total. The lowest BCUT2D eigenvalue weighted by Gasteiger charge is -2.21. The first-order valence-electron chi connectivity index (χ1n) is 10.9. The van der Waals surface area contributed by atoms with Crippen molar-refractivity contribution in [2.45, 2.75) is 31.4 Å². The molecule has 6 rings (SSSR count). The fraction of sp³-hybridized carbons (Fsp3) is 0.455. The fourth-order valence-electron chi connectivity index (χ4n) is 5.06. The summed E-state index contributed by atoms with van der Waals surface area (Å²) in [5.41, 5.74) is 3.14. The number of nitrogens with zero attached hydrogens (tertiary/aromatic N) is 6. The molecule has 0 aromatic carbocycles. The minimum absolute atomic E-state index is 0.110. The van der Waals surface area contributed by atoms with Crippen molar-refractivity contribution < 1.29 is 13.6 Å². The quantitative estimate of drug-likeness (QED) is 0.576. The molecule has 3 atom stereocenters. The summed E-state index contributed by atoms with van der Waals surface area (Å²) in [5.74, 6) is -3.30. The maximum atomic E-state index is 13.4. The summed E-state index contributed by atoms with van der Waals surface area (Å²) in [5, 5.41) is 3.33. The number of aromatic nitrogens is 5. The van der Waals surface area contributed by atoms with E-state index in [0.29, 0.717) is 36.3 Å². The van der Waals surface area contributed by atoms with Crippen LogP contribution in [-0.2, 0) is 20.0 Å². The molecule has 3 aliphatic rings. The van der Waals surface area contributed by atoms with Crippen molar-refractivity contribution in [2.24, 2.45) is 18.9 Å². The summed E-state index contributed by atoms with van der Waals surface area (Å²) < 4.78 is 30.6. The first-order valence-corrected chi connectivity index (χ1v) is 11.3. The van der Waals surface area contributed by atoms with Crippen molar-refractivity contribution in [3.05, 3.63) is 58.8 Å². The van der Waals surface area contributed by atoms with Crippen LogP contribution in [0.25, 0.3) is 0 Å². The Hall–Kier alpha value is -3.01. The number of carbonyl (C=O) groups excluding carboxylic acids is 1. The molecule has 3 aromatic rings. The number of anilines is 1. The standard InChI is InChI=1S/C22H22ClF2N7O/c1-30-10-27-19-15(3-4-17(19)30)28-21(33)16-9-31(11-26-16)6-12-2-5-18(29-20(12)23)32-7-13-14(8-32)22(13,24)25/h2,5,9-11,13-15H,3-4,6-8H2,1H3,(H,28,33)/t13?,14?,15-/m1/s1. The van der Waals surface area contributed by atoms with Gasteiger partial charge in [0.2, 0.25) is 0 Å². The molecule has 2 unspecified atom stereocenters.